The number of carbonyl (C=O) groups is 1. The largest absolute Gasteiger partial charge is 0.495 e. The van der Waals surface area contributed by atoms with E-state index in [2.05, 4.69) is 10.2 Å². The summed E-state index contributed by atoms with van der Waals surface area (Å²) in [4.78, 5) is 14.9. The third-order valence-corrected chi connectivity index (χ3v) is 5.10. The molecule has 2 fully saturated rings. The topological polar surface area (TPSA) is 41.6 Å². The van der Waals surface area contributed by atoms with Gasteiger partial charge in [0.15, 0.2) is 0 Å². The van der Waals surface area contributed by atoms with Gasteiger partial charge in [-0.15, -0.1) is 0 Å². The third-order valence-electron chi connectivity index (χ3n) is 5.10. The van der Waals surface area contributed by atoms with Gasteiger partial charge >= 0.3 is 6.03 Å². The summed E-state index contributed by atoms with van der Waals surface area (Å²) in [5.74, 6) is 1.41. The first-order valence-electron chi connectivity index (χ1n) is 8.50. The minimum Gasteiger partial charge on any atom is -0.495 e. The van der Waals surface area contributed by atoms with Crippen LogP contribution in [0, 0.1) is 5.92 Å². The molecule has 0 spiro atoms. The Morgan fingerprint density at radius 3 is 2.68 bits per heavy atom. The number of carbonyl (C=O) groups excluding carboxylic acids is 1. The number of amides is 2. The van der Waals surface area contributed by atoms with E-state index < -0.39 is 0 Å². The number of likely N-dealkylation sites (tertiary alicyclic amines) is 1. The highest BCUT2D eigenvalue weighted by Gasteiger charge is 2.34. The summed E-state index contributed by atoms with van der Waals surface area (Å²) in [6, 6.07) is 8.06. The van der Waals surface area contributed by atoms with E-state index in [1.807, 2.05) is 24.3 Å². The van der Waals surface area contributed by atoms with E-state index in [0.29, 0.717) is 17.7 Å². The SMILES string of the molecule is COc1ccccc1NC(=O)N1CCCCC2CCCCC21. The smallest absolute Gasteiger partial charge is 0.322 e. The van der Waals surface area contributed by atoms with Gasteiger partial charge in [0.2, 0.25) is 0 Å². The number of rotatable bonds is 2. The predicted molar refractivity (Wildman–Crippen MR) is 88.3 cm³/mol. The molecular weight excluding hydrogens is 276 g/mol. The van der Waals surface area contributed by atoms with Crippen LogP contribution in [-0.2, 0) is 0 Å². The minimum atomic E-state index is 0.0308. The molecule has 2 unspecified atom stereocenters. The molecule has 1 aromatic rings. The number of hydrogen-bond acceptors (Lipinski definition) is 2. The van der Waals surface area contributed by atoms with Gasteiger partial charge in [-0.05, 0) is 43.7 Å². The van der Waals surface area contributed by atoms with Crippen molar-refractivity contribution in [2.24, 2.45) is 5.92 Å². The average molecular weight is 302 g/mol. The number of nitrogens with zero attached hydrogens (tertiary/aromatic N) is 1. The number of fused-ring (bicyclic) bond motifs is 1. The van der Waals surface area contributed by atoms with Gasteiger partial charge in [0.25, 0.3) is 0 Å². The van der Waals surface area contributed by atoms with Crippen LogP contribution in [0.15, 0.2) is 24.3 Å². The Kier molecular flexibility index (Phi) is 4.86. The molecule has 120 valence electrons. The Labute approximate surface area is 132 Å². The lowest BCUT2D eigenvalue weighted by molar-refractivity contribution is 0.138. The zero-order valence-corrected chi connectivity index (χ0v) is 13.4. The van der Waals surface area contributed by atoms with E-state index in [-0.39, 0.29) is 6.03 Å². The molecule has 0 aromatic heterocycles. The molecule has 4 heteroatoms. The normalized spacial score (nSPS) is 25.0. The molecule has 1 saturated heterocycles. The number of urea groups is 1. The fourth-order valence-electron chi connectivity index (χ4n) is 3.98. The Hall–Kier alpha value is -1.71. The number of ether oxygens (including phenoxy) is 1. The van der Waals surface area contributed by atoms with Gasteiger partial charge in [-0.1, -0.05) is 31.4 Å². The number of nitrogens with one attached hydrogen (secondary N) is 1. The lowest BCUT2D eigenvalue weighted by Gasteiger charge is -2.38. The van der Waals surface area contributed by atoms with Gasteiger partial charge in [0.05, 0.1) is 12.8 Å². The number of para-hydroxylation sites is 2. The fraction of sp³-hybridized carbons (Fsp3) is 0.611. The van der Waals surface area contributed by atoms with Crippen molar-refractivity contribution in [3.05, 3.63) is 24.3 Å². The van der Waals surface area contributed by atoms with Crippen LogP contribution in [-0.4, -0.2) is 30.6 Å². The van der Waals surface area contributed by atoms with E-state index in [1.165, 1.54) is 32.1 Å². The van der Waals surface area contributed by atoms with E-state index in [9.17, 15) is 4.79 Å². The first-order chi connectivity index (χ1) is 10.8. The van der Waals surface area contributed by atoms with Crippen LogP contribution < -0.4 is 10.1 Å². The quantitative estimate of drug-likeness (QED) is 0.886. The third kappa shape index (κ3) is 3.21. The lowest BCUT2D eigenvalue weighted by Crippen LogP contribution is -2.47. The summed E-state index contributed by atoms with van der Waals surface area (Å²) >= 11 is 0. The second-order valence-electron chi connectivity index (χ2n) is 6.43. The molecule has 3 rings (SSSR count). The first-order valence-corrected chi connectivity index (χ1v) is 8.50. The zero-order valence-electron chi connectivity index (χ0n) is 13.4. The molecule has 1 heterocycles. The molecule has 0 bridgehead atoms. The summed E-state index contributed by atoms with van der Waals surface area (Å²) in [6.07, 6.45) is 8.66. The van der Waals surface area contributed by atoms with Crippen molar-refractivity contribution in [3.63, 3.8) is 0 Å². The van der Waals surface area contributed by atoms with Crippen molar-refractivity contribution in [2.45, 2.75) is 51.0 Å². The summed E-state index contributed by atoms with van der Waals surface area (Å²) in [6.45, 7) is 0.877. The molecule has 1 aliphatic heterocycles. The fourth-order valence-corrected chi connectivity index (χ4v) is 3.98. The highest BCUT2D eigenvalue weighted by atomic mass is 16.5. The number of hydrogen-bond donors (Lipinski definition) is 1. The summed E-state index contributed by atoms with van der Waals surface area (Å²) < 4.78 is 5.33. The van der Waals surface area contributed by atoms with Gasteiger partial charge in [0.1, 0.15) is 5.75 Å². The molecule has 2 atom stereocenters. The molecule has 2 amide bonds. The molecule has 2 aliphatic rings. The molecule has 1 aromatic carbocycles. The highest BCUT2D eigenvalue weighted by molar-refractivity contribution is 5.91. The minimum absolute atomic E-state index is 0.0308. The van der Waals surface area contributed by atoms with Gasteiger partial charge in [-0.2, -0.15) is 0 Å². The van der Waals surface area contributed by atoms with Crippen LogP contribution in [0.1, 0.15) is 44.9 Å². The Morgan fingerprint density at radius 2 is 1.86 bits per heavy atom. The maximum Gasteiger partial charge on any atom is 0.322 e. The number of anilines is 1. The summed E-state index contributed by atoms with van der Waals surface area (Å²) in [5.41, 5.74) is 0.756. The van der Waals surface area contributed by atoms with E-state index >= 15 is 0 Å². The monoisotopic (exact) mass is 302 g/mol. The van der Waals surface area contributed by atoms with Crippen molar-refractivity contribution in [3.8, 4) is 5.75 Å². The van der Waals surface area contributed by atoms with Gasteiger partial charge in [-0.25, -0.2) is 4.79 Å². The second-order valence-corrected chi connectivity index (χ2v) is 6.43. The second kappa shape index (κ2) is 7.03. The highest BCUT2D eigenvalue weighted by Crippen LogP contribution is 2.35. The Balaban J connectivity index is 1.74. The van der Waals surface area contributed by atoms with Crippen molar-refractivity contribution >= 4 is 11.7 Å². The van der Waals surface area contributed by atoms with Crippen LogP contribution >= 0.6 is 0 Å². The van der Waals surface area contributed by atoms with Gasteiger partial charge < -0.3 is 15.0 Å². The van der Waals surface area contributed by atoms with Crippen LogP contribution in [0.5, 0.6) is 5.75 Å². The Bertz CT molecular complexity index is 518. The van der Waals surface area contributed by atoms with Crippen molar-refractivity contribution in [1.82, 2.24) is 4.90 Å². The molecular formula is C18H26N2O2. The van der Waals surface area contributed by atoms with Gasteiger partial charge in [-0.3, -0.25) is 0 Å². The van der Waals surface area contributed by atoms with E-state index in [1.54, 1.807) is 7.11 Å². The van der Waals surface area contributed by atoms with Gasteiger partial charge in [0, 0.05) is 12.6 Å². The average Bonchev–Trinajstić information content (AvgIpc) is 2.78. The zero-order chi connectivity index (χ0) is 15.4. The molecule has 4 nitrogen and oxygen atoms in total. The Morgan fingerprint density at radius 1 is 1.14 bits per heavy atom. The van der Waals surface area contributed by atoms with E-state index in [4.69, 9.17) is 4.74 Å². The van der Waals surface area contributed by atoms with Crippen LogP contribution in [0.2, 0.25) is 0 Å². The maximum atomic E-state index is 12.8. The predicted octanol–water partition coefficient (Wildman–Crippen LogP) is 4.27. The molecule has 1 N–H and O–H groups in total. The van der Waals surface area contributed by atoms with Crippen molar-refractivity contribution < 1.29 is 9.53 Å². The number of benzene rings is 1. The van der Waals surface area contributed by atoms with Crippen LogP contribution in [0.3, 0.4) is 0 Å². The van der Waals surface area contributed by atoms with Crippen molar-refractivity contribution in [2.75, 3.05) is 19.0 Å². The molecule has 1 saturated carbocycles. The standard InChI is InChI=1S/C18H26N2O2/c1-22-17-12-5-3-10-15(17)19-18(21)20-13-7-6-9-14-8-2-4-11-16(14)20/h3,5,10,12,14,16H,2,4,6-9,11,13H2,1H3,(H,19,21). The molecule has 1 aliphatic carbocycles. The first kappa shape index (κ1) is 15.2. The maximum absolute atomic E-state index is 12.8. The summed E-state index contributed by atoms with van der Waals surface area (Å²) in [7, 11) is 1.63. The van der Waals surface area contributed by atoms with Crippen LogP contribution in [0.25, 0.3) is 0 Å². The van der Waals surface area contributed by atoms with E-state index in [0.717, 1.165) is 25.1 Å². The van der Waals surface area contributed by atoms with Crippen molar-refractivity contribution in [1.29, 1.82) is 0 Å². The number of methoxy groups -OCH3 is 1. The summed E-state index contributed by atoms with van der Waals surface area (Å²) in [5, 5.41) is 3.05. The lowest BCUT2D eigenvalue weighted by atomic mass is 9.82. The molecule has 22 heavy (non-hydrogen) atoms. The molecule has 0 radical (unpaired) electrons. The van der Waals surface area contributed by atoms with Crippen LogP contribution in [0.4, 0.5) is 10.5 Å².